The van der Waals surface area contributed by atoms with E-state index in [9.17, 15) is 13.2 Å². The van der Waals surface area contributed by atoms with Gasteiger partial charge >= 0.3 is 5.97 Å². The van der Waals surface area contributed by atoms with Gasteiger partial charge < -0.3 is 4.74 Å². The summed E-state index contributed by atoms with van der Waals surface area (Å²) in [5.41, 5.74) is 1.80. The summed E-state index contributed by atoms with van der Waals surface area (Å²) in [5.74, 6) is -0.461. The Morgan fingerprint density at radius 2 is 1.50 bits per heavy atom. The SMILES string of the molecule is O=C(CCNS(=O)(=O)/C=C/c1ccccc1)OC/C=C/c1ccccc1. The average Bonchev–Trinajstić information content (AvgIpc) is 2.65. The molecule has 0 aliphatic rings. The molecule has 0 heterocycles. The molecule has 0 atom stereocenters. The number of nitrogens with one attached hydrogen (secondary N) is 1. The molecule has 0 saturated heterocycles. The lowest BCUT2D eigenvalue weighted by atomic mass is 10.2. The molecule has 0 amide bonds. The molecule has 0 unspecified atom stereocenters. The predicted octanol–water partition coefficient (Wildman–Crippen LogP) is 3.22. The molecule has 0 radical (unpaired) electrons. The van der Waals surface area contributed by atoms with Crippen molar-refractivity contribution in [2.24, 2.45) is 0 Å². The molecule has 0 aliphatic carbocycles. The minimum Gasteiger partial charge on any atom is -0.461 e. The maximum atomic E-state index is 11.8. The number of hydrogen-bond donors (Lipinski definition) is 1. The Hall–Kier alpha value is -2.70. The Bertz CT molecular complexity index is 844. The number of rotatable bonds is 9. The number of ether oxygens (including phenoxy) is 1. The second-order valence-electron chi connectivity index (χ2n) is 5.40. The number of sulfonamides is 1. The van der Waals surface area contributed by atoms with Crippen LogP contribution >= 0.6 is 0 Å². The zero-order valence-corrected chi connectivity index (χ0v) is 15.1. The summed E-state index contributed by atoms with van der Waals surface area (Å²) < 4.78 is 31.1. The van der Waals surface area contributed by atoms with Crippen LogP contribution in [0.25, 0.3) is 12.2 Å². The molecule has 1 N–H and O–H groups in total. The van der Waals surface area contributed by atoms with Crippen LogP contribution in [0, 0.1) is 0 Å². The fourth-order valence-electron chi connectivity index (χ4n) is 2.04. The van der Waals surface area contributed by atoms with Crippen molar-refractivity contribution in [1.29, 1.82) is 0 Å². The lowest BCUT2D eigenvalue weighted by Gasteiger charge is -2.03. The standard InChI is InChI=1S/C20H21NO4S/c22-20(25-16-7-12-18-8-3-1-4-9-18)13-15-21-26(23,24)17-14-19-10-5-2-6-11-19/h1-12,14,17,21H,13,15-16H2/b12-7+,17-14+. The maximum absolute atomic E-state index is 11.8. The first-order valence-electron chi connectivity index (χ1n) is 8.15. The van der Waals surface area contributed by atoms with Gasteiger partial charge in [0.1, 0.15) is 6.61 Å². The van der Waals surface area contributed by atoms with E-state index < -0.39 is 16.0 Å². The molecule has 0 spiro atoms. The van der Waals surface area contributed by atoms with Gasteiger partial charge in [0.05, 0.1) is 6.42 Å². The highest BCUT2D eigenvalue weighted by Crippen LogP contribution is 2.03. The third-order valence-corrected chi connectivity index (χ3v) is 4.42. The second kappa shape index (κ2) is 10.3. The largest absolute Gasteiger partial charge is 0.461 e. The molecule has 26 heavy (non-hydrogen) atoms. The van der Waals surface area contributed by atoms with Crippen molar-refractivity contribution >= 4 is 28.1 Å². The monoisotopic (exact) mass is 371 g/mol. The Kier molecular flexibility index (Phi) is 7.79. The van der Waals surface area contributed by atoms with Crippen LogP contribution in [0.2, 0.25) is 0 Å². The molecule has 2 rings (SSSR count). The molecule has 5 nitrogen and oxygen atoms in total. The summed E-state index contributed by atoms with van der Waals surface area (Å²) in [5, 5.41) is 1.08. The summed E-state index contributed by atoms with van der Waals surface area (Å²) in [6.45, 7) is 0.136. The summed E-state index contributed by atoms with van der Waals surface area (Å²) >= 11 is 0. The van der Waals surface area contributed by atoms with Gasteiger partial charge in [-0.25, -0.2) is 13.1 Å². The quantitative estimate of drug-likeness (QED) is 0.687. The number of benzene rings is 2. The first-order chi connectivity index (χ1) is 12.6. The fraction of sp³-hybridized carbons (Fsp3) is 0.150. The van der Waals surface area contributed by atoms with E-state index in [0.717, 1.165) is 16.5 Å². The van der Waals surface area contributed by atoms with Crippen molar-refractivity contribution in [3.8, 4) is 0 Å². The number of hydrogen-bond acceptors (Lipinski definition) is 4. The van der Waals surface area contributed by atoms with E-state index in [-0.39, 0.29) is 19.6 Å². The Labute approximate surface area is 154 Å². The average molecular weight is 371 g/mol. The summed E-state index contributed by atoms with van der Waals surface area (Å²) in [7, 11) is -3.59. The topological polar surface area (TPSA) is 72.5 Å². The van der Waals surface area contributed by atoms with E-state index in [4.69, 9.17) is 4.74 Å². The van der Waals surface area contributed by atoms with E-state index in [1.165, 1.54) is 6.08 Å². The highest BCUT2D eigenvalue weighted by atomic mass is 32.2. The van der Waals surface area contributed by atoms with Gasteiger partial charge in [-0.05, 0) is 23.3 Å². The Balaban J connectivity index is 1.67. The van der Waals surface area contributed by atoms with Crippen LogP contribution in [0.1, 0.15) is 17.5 Å². The highest BCUT2D eigenvalue weighted by molar-refractivity contribution is 7.92. The fourth-order valence-corrected chi connectivity index (χ4v) is 2.86. The van der Waals surface area contributed by atoms with Crippen molar-refractivity contribution < 1.29 is 17.9 Å². The van der Waals surface area contributed by atoms with Gasteiger partial charge in [-0.3, -0.25) is 4.79 Å². The van der Waals surface area contributed by atoms with Crippen LogP contribution in [-0.4, -0.2) is 27.5 Å². The zero-order chi connectivity index (χ0) is 18.7. The van der Waals surface area contributed by atoms with E-state index >= 15 is 0 Å². The molecular weight excluding hydrogens is 350 g/mol. The van der Waals surface area contributed by atoms with Crippen LogP contribution in [0.4, 0.5) is 0 Å². The van der Waals surface area contributed by atoms with Gasteiger partial charge in [-0.1, -0.05) is 66.7 Å². The smallest absolute Gasteiger partial charge is 0.307 e. The molecule has 0 fully saturated rings. The number of carbonyl (C=O) groups is 1. The van der Waals surface area contributed by atoms with Crippen molar-refractivity contribution in [3.05, 3.63) is 83.3 Å². The highest BCUT2D eigenvalue weighted by Gasteiger charge is 2.07. The summed E-state index contributed by atoms with van der Waals surface area (Å²) in [6.07, 6.45) is 5.05. The van der Waals surface area contributed by atoms with Gasteiger partial charge in [0.2, 0.25) is 10.0 Å². The van der Waals surface area contributed by atoms with Crippen molar-refractivity contribution in [2.75, 3.05) is 13.2 Å². The molecule has 2 aromatic carbocycles. The maximum Gasteiger partial charge on any atom is 0.307 e. The van der Waals surface area contributed by atoms with E-state index in [1.807, 2.05) is 54.6 Å². The molecule has 0 saturated carbocycles. The minimum absolute atomic E-state index is 0.0112. The second-order valence-corrected chi connectivity index (χ2v) is 7.05. The van der Waals surface area contributed by atoms with Crippen molar-refractivity contribution in [3.63, 3.8) is 0 Å². The van der Waals surface area contributed by atoms with Crippen LogP contribution in [0.5, 0.6) is 0 Å². The molecule has 2 aromatic rings. The van der Waals surface area contributed by atoms with Crippen LogP contribution in [0.15, 0.2) is 72.1 Å². The van der Waals surface area contributed by atoms with E-state index in [2.05, 4.69) is 4.72 Å². The molecular formula is C20H21NO4S. The van der Waals surface area contributed by atoms with Crippen molar-refractivity contribution in [1.82, 2.24) is 4.72 Å². The van der Waals surface area contributed by atoms with Gasteiger partial charge in [0.25, 0.3) is 0 Å². The van der Waals surface area contributed by atoms with Crippen LogP contribution in [-0.2, 0) is 19.6 Å². The molecule has 0 bridgehead atoms. The molecule has 6 heteroatoms. The van der Waals surface area contributed by atoms with Crippen LogP contribution in [0.3, 0.4) is 0 Å². The minimum atomic E-state index is -3.59. The lowest BCUT2D eigenvalue weighted by molar-refractivity contribution is -0.142. The van der Waals surface area contributed by atoms with Gasteiger partial charge in [-0.2, -0.15) is 0 Å². The van der Waals surface area contributed by atoms with Gasteiger partial charge in [0, 0.05) is 12.0 Å². The Morgan fingerprint density at radius 3 is 2.12 bits per heavy atom. The molecule has 0 aliphatic heterocycles. The third-order valence-electron chi connectivity index (χ3n) is 3.32. The molecule has 136 valence electrons. The number of esters is 1. The third kappa shape index (κ3) is 7.92. The lowest BCUT2D eigenvalue weighted by Crippen LogP contribution is -2.24. The first-order valence-corrected chi connectivity index (χ1v) is 9.70. The first kappa shape index (κ1) is 19.6. The van der Waals surface area contributed by atoms with E-state index in [0.29, 0.717) is 0 Å². The Morgan fingerprint density at radius 1 is 0.923 bits per heavy atom. The normalized spacial score (nSPS) is 11.8. The predicted molar refractivity (Wildman–Crippen MR) is 103 cm³/mol. The van der Waals surface area contributed by atoms with E-state index in [1.54, 1.807) is 18.2 Å². The van der Waals surface area contributed by atoms with Gasteiger partial charge in [0.15, 0.2) is 0 Å². The van der Waals surface area contributed by atoms with Gasteiger partial charge in [-0.15, -0.1) is 0 Å². The zero-order valence-electron chi connectivity index (χ0n) is 14.2. The number of carbonyl (C=O) groups excluding carboxylic acids is 1. The molecule has 0 aromatic heterocycles. The van der Waals surface area contributed by atoms with Crippen molar-refractivity contribution in [2.45, 2.75) is 6.42 Å². The van der Waals surface area contributed by atoms with Crippen LogP contribution < -0.4 is 4.72 Å². The summed E-state index contributed by atoms with van der Waals surface area (Å²) in [4.78, 5) is 11.6. The summed E-state index contributed by atoms with van der Waals surface area (Å²) in [6, 6.07) is 18.7.